The van der Waals surface area contributed by atoms with E-state index in [4.69, 9.17) is 9.68 Å². The van der Waals surface area contributed by atoms with E-state index in [-0.39, 0.29) is 5.69 Å². The summed E-state index contributed by atoms with van der Waals surface area (Å²) in [6.45, 7) is 0. The number of fused-ring (bicyclic) bond motifs is 1. The molecular weight excluding hydrogens is 156 g/mol. The normalized spacial score (nSPS) is 9.92. The maximum atomic E-state index is 11.0. The molecule has 0 N–H and O–H groups in total. The van der Waals surface area contributed by atoms with Gasteiger partial charge in [0.1, 0.15) is 11.0 Å². The number of rotatable bonds is 0. The Hall–Kier alpha value is -2.02. The first-order chi connectivity index (χ1) is 5.83. The van der Waals surface area contributed by atoms with E-state index in [0.717, 1.165) is 0 Å². The summed E-state index contributed by atoms with van der Waals surface area (Å²) >= 11 is 0. The molecule has 0 saturated carbocycles. The molecule has 2 aromatic heterocycles. The SMILES string of the molecule is N#Cc1c2ccoc2cc[n+]1[O-]. The lowest BCUT2D eigenvalue weighted by Gasteiger charge is -1.96. The lowest BCUT2D eigenvalue weighted by Crippen LogP contribution is -2.29. The highest BCUT2D eigenvalue weighted by Gasteiger charge is 2.11. The standard InChI is InChI=1S/C8H4N2O2/c9-5-7-6-2-4-12-8(6)1-3-10(7)11/h1-4H. The van der Waals surface area contributed by atoms with Gasteiger partial charge in [-0.3, -0.25) is 0 Å². The Morgan fingerprint density at radius 3 is 3.08 bits per heavy atom. The Morgan fingerprint density at radius 1 is 1.50 bits per heavy atom. The van der Waals surface area contributed by atoms with Crippen molar-refractivity contribution in [3.05, 3.63) is 35.5 Å². The van der Waals surface area contributed by atoms with Crippen molar-refractivity contribution in [3.63, 3.8) is 0 Å². The first kappa shape index (κ1) is 6.68. The number of nitriles is 1. The number of pyridine rings is 1. The van der Waals surface area contributed by atoms with Crippen LogP contribution in [-0.2, 0) is 0 Å². The molecule has 0 atom stereocenters. The minimum absolute atomic E-state index is 0.0706. The molecule has 58 valence electrons. The number of hydrogen-bond acceptors (Lipinski definition) is 3. The van der Waals surface area contributed by atoms with Crippen LogP contribution in [0.15, 0.2) is 29.0 Å². The van der Waals surface area contributed by atoms with Gasteiger partial charge in [-0.1, -0.05) is 0 Å². The maximum absolute atomic E-state index is 11.0. The summed E-state index contributed by atoms with van der Waals surface area (Å²) < 4.78 is 5.54. The van der Waals surface area contributed by atoms with E-state index in [2.05, 4.69) is 0 Å². The summed E-state index contributed by atoms with van der Waals surface area (Å²) in [6.07, 6.45) is 2.70. The van der Waals surface area contributed by atoms with E-state index in [9.17, 15) is 5.21 Å². The largest absolute Gasteiger partial charge is 0.618 e. The molecule has 2 aromatic rings. The molecule has 0 aliphatic carbocycles. The van der Waals surface area contributed by atoms with Crippen LogP contribution in [0.4, 0.5) is 0 Å². The van der Waals surface area contributed by atoms with Gasteiger partial charge in [-0.15, -0.1) is 0 Å². The second kappa shape index (κ2) is 2.24. The number of furan rings is 1. The Labute approximate surface area is 67.8 Å². The lowest BCUT2D eigenvalue weighted by molar-refractivity contribution is -0.606. The van der Waals surface area contributed by atoms with Crippen molar-refractivity contribution in [3.8, 4) is 6.07 Å². The number of nitrogens with zero attached hydrogens (tertiary/aromatic N) is 2. The second-order valence-electron chi connectivity index (χ2n) is 2.30. The molecular formula is C8H4N2O2. The highest BCUT2D eigenvalue weighted by Crippen LogP contribution is 2.15. The van der Waals surface area contributed by atoms with Crippen LogP contribution >= 0.6 is 0 Å². The average molecular weight is 160 g/mol. The van der Waals surface area contributed by atoms with E-state index >= 15 is 0 Å². The average Bonchev–Trinajstić information content (AvgIpc) is 2.52. The fourth-order valence-electron chi connectivity index (χ4n) is 1.08. The summed E-state index contributed by atoms with van der Waals surface area (Å²) in [6, 6.07) is 4.95. The first-order valence-electron chi connectivity index (χ1n) is 3.32. The zero-order valence-corrected chi connectivity index (χ0v) is 6.02. The monoisotopic (exact) mass is 160 g/mol. The topological polar surface area (TPSA) is 63.9 Å². The third kappa shape index (κ3) is 0.736. The molecule has 0 unspecified atom stereocenters. The Bertz CT molecular complexity index is 467. The predicted molar refractivity (Wildman–Crippen MR) is 39.9 cm³/mol. The first-order valence-corrected chi connectivity index (χ1v) is 3.32. The summed E-state index contributed by atoms with van der Waals surface area (Å²) in [4.78, 5) is 0. The minimum atomic E-state index is 0.0706. The van der Waals surface area contributed by atoms with Gasteiger partial charge < -0.3 is 9.62 Å². The summed E-state index contributed by atoms with van der Waals surface area (Å²) in [5.41, 5.74) is 0.625. The van der Waals surface area contributed by atoms with Crippen molar-refractivity contribution in [1.29, 1.82) is 5.26 Å². The molecule has 2 heterocycles. The van der Waals surface area contributed by atoms with Crippen molar-refractivity contribution in [2.24, 2.45) is 0 Å². The molecule has 4 nitrogen and oxygen atoms in total. The van der Waals surface area contributed by atoms with Crippen LogP contribution in [0, 0.1) is 16.5 Å². The van der Waals surface area contributed by atoms with E-state index in [1.807, 2.05) is 6.07 Å². The fraction of sp³-hybridized carbons (Fsp3) is 0. The molecule has 0 saturated heterocycles. The van der Waals surface area contributed by atoms with Crippen molar-refractivity contribution in [1.82, 2.24) is 0 Å². The summed E-state index contributed by atoms with van der Waals surface area (Å²) in [5.74, 6) is 0. The highest BCUT2D eigenvalue weighted by molar-refractivity contribution is 5.80. The van der Waals surface area contributed by atoms with Gasteiger partial charge in [-0.25, -0.2) is 0 Å². The van der Waals surface area contributed by atoms with Crippen LogP contribution in [0.5, 0.6) is 0 Å². The lowest BCUT2D eigenvalue weighted by atomic mass is 10.2. The van der Waals surface area contributed by atoms with Crippen LogP contribution in [-0.4, -0.2) is 0 Å². The van der Waals surface area contributed by atoms with E-state index in [0.29, 0.717) is 15.7 Å². The fourth-order valence-corrected chi connectivity index (χ4v) is 1.08. The molecule has 0 aliphatic rings. The zero-order valence-electron chi connectivity index (χ0n) is 6.02. The number of aromatic nitrogens is 1. The van der Waals surface area contributed by atoms with Gasteiger partial charge >= 0.3 is 5.69 Å². The Balaban J connectivity index is 2.94. The van der Waals surface area contributed by atoms with Crippen molar-refractivity contribution < 1.29 is 9.15 Å². The van der Waals surface area contributed by atoms with Gasteiger partial charge in [0.05, 0.1) is 6.26 Å². The van der Waals surface area contributed by atoms with Crippen LogP contribution in [0.2, 0.25) is 0 Å². The van der Waals surface area contributed by atoms with E-state index in [1.165, 1.54) is 18.5 Å². The third-order valence-electron chi connectivity index (χ3n) is 1.64. The van der Waals surface area contributed by atoms with Crippen molar-refractivity contribution in [2.45, 2.75) is 0 Å². The molecule has 0 amide bonds. The molecule has 0 spiro atoms. The van der Waals surface area contributed by atoms with Gasteiger partial charge in [-0.2, -0.15) is 9.99 Å². The van der Waals surface area contributed by atoms with Crippen LogP contribution < -0.4 is 4.73 Å². The minimum Gasteiger partial charge on any atom is -0.618 e. The van der Waals surface area contributed by atoms with Gasteiger partial charge in [-0.05, 0) is 6.07 Å². The van der Waals surface area contributed by atoms with Gasteiger partial charge in [0.2, 0.25) is 0 Å². The van der Waals surface area contributed by atoms with Crippen LogP contribution in [0.25, 0.3) is 11.0 Å². The molecule has 4 heteroatoms. The molecule has 0 radical (unpaired) electrons. The van der Waals surface area contributed by atoms with E-state index < -0.39 is 0 Å². The Morgan fingerprint density at radius 2 is 2.33 bits per heavy atom. The molecule has 12 heavy (non-hydrogen) atoms. The molecule has 0 fully saturated rings. The van der Waals surface area contributed by atoms with E-state index in [1.54, 1.807) is 6.07 Å². The zero-order chi connectivity index (χ0) is 8.55. The van der Waals surface area contributed by atoms with Crippen molar-refractivity contribution in [2.75, 3.05) is 0 Å². The second-order valence-corrected chi connectivity index (χ2v) is 2.30. The summed E-state index contributed by atoms with van der Waals surface area (Å²) in [7, 11) is 0. The molecule has 0 aromatic carbocycles. The van der Waals surface area contributed by atoms with Crippen LogP contribution in [0.1, 0.15) is 5.69 Å². The maximum Gasteiger partial charge on any atom is 0.305 e. The highest BCUT2D eigenvalue weighted by atomic mass is 16.5. The van der Waals surface area contributed by atoms with Crippen molar-refractivity contribution >= 4 is 11.0 Å². The molecule has 0 bridgehead atoms. The third-order valence-corrected chi connectivity index (χ3v) is 1.64. The quantitative estimate of drug-likeness (QED) is 0.425. The predicted octanol–water partition coefficient (Wildman–Crippen LogP) is 0.938. The smallest absolute Gasteiger partial charge is 0.305 e. The van der Waals surface area contributed by atoms with Gasteiger partial charge in [0.25, 0.3) is 0 Å². The molecule has 2 rings (SSSR count). The Kier molecular flexibility index (Phi) is 1.25. The van der Waals surface area contributed by atoms with Crippen LogP contribution in [0.3, 0.4) is 0 Å². The van der Waals surface area contributed by atoms with Gasteiger partial charge in [0.15, 0.2) is 12.3 Å². The number of hydrogen-bond donors (Lipinski definition) is 0. The van der Waals surface area contributed by atoms with Gasteiger partial charge in [0, 0.05) is 6.07 Å². The molecule has 0 aliphatic heterocycles. The summed E-state index contributed by atoms with van der Waals surface area (Å²) in [5, 5.41) is 20.2.